The minimum atomic E-state index is -0.657. The molecule has 17 heavy (non-hydrogen) atoms. The van der Waals surface area contributed by atoms with Gasteiger partial charge in [-0.1, -0.05) is 30.6 Å². The van der Waals surface area contributed by atoms with Crippen LogP contribution in [0.5, 0.6) is 0 Å². The molecule has 0 unspecified atom stereocenters. The standard InChI is InChI=1S/C13H17NO2Si/c1-10-6-7-12(11(2)13(10)14(15)16)17-8-4-3-5-9-17/h6-8H,3-5,9H2,1-2H3. The van der Waals surface area contributed by atoms with Gasteiger partial charge in [0.1, 0.15) is 0 Å². The molecule has 3 nitrogen and oxygen atoms in total. The molecule has 0 aromatic heterocycles. The predicted molar refractivity (Wildman–Crippen MR) is 72.7 cm³/mol. The van der Waals surface area contributed by atoms with Crippen molar-refractivity contribution in [2.75, 3.05) is 0 Å². The Morgan fingerprint density at radius 1 is 1.29 bits per heavy atom. The van der Waals surface area contributed by atoms with Gasteiger partial charge in [0.25, 0.3) is 5.69 Å². The van der Waals surface area contributed by atoms with E-state index in [1.165, 1.54) is 30.5 Å². The SMILES string of the molecule is Cc1ccc([Si]2=CCCCC2)c(C)c1[N+](=O)[O-]. The van der Waals surface area contributed by atoms with Gasteiger partial charge >= 0.3 is 0 Å². The highest BCUT2D eigenvalue weighted by molar-refractivity contribution is 6.78. The summed E-state index contributed by atoms with van der Waals surface area (Å²) in [7, 11) is -0.657. The molecule has 0 fully saturated rings. The molecule has 0 aliphatic carbocycles. The Labute approximate surface area is 103 Å². The lowest BCUT2D eigenvalue weighted by molar-refractivity contribution is -0.385. The first-order chi connectivity index (χ1) is 8.11. The molecule has 1 aromatic rings. The first kappa shape index (κ1) is 12.2. The molecule has 1 aliphatic rings. The van der Waals surface area contributed by atoms with Crippen LogP contribution in [0.4, 0.5) is 5.69 Å². The molecule has 1 heterocycles. The quantitative estimate of drug-likeness (QED) is 0.458. The largest absolute Gasteiger partial charge is 0.275 e. The summed E-state index contributed by atoms with van der Waals surface area (Å²) in [4.78, 5) is 10.8. The molecular formula is C13H17NO2Si. The van der Waals surface area contributed by atoms with E-state index in [-0.39, 0.29) is 4.92 Å². The zero-order chi connectivity index (χ0) is 12.4. The van der Waals surface area contributed by atoms with Crippen molar-refractivity contribution in [1.82, 2.24) is 0 Å². The van der Waals surface area contributed by atoms with Crippen LogP contribution in [0.3, 0.4) is 0 Å². The minimum Gasteiger partial charge on any atom is -0.258 e. The van der Waals surface area contributed by atoms with Crippen LogP contribution in [-0.4, -0.2) is 19.0 Å². The first-order valence-corrected chi connectivity index (χ1v) is 7.83. The van der Waals surface area contributed by atoms with Crippen LogP contribution in [0, 0.1) is 24.0 Å². The normalized spacial score (nSPS) is 15.5. The van der Waals surface area contributed by atoms with Crippen molar-refractivity contribution >= 4 is 25.0 Å². The van der Waals surface area contributed by atoms with Crippen molar-refractivity contribution in [3.05, 3.63) is 33.4 Å². The highest BCUT2D eigenvalue weighted by atomic mass is 28.2. The van der Waals surface area contributed by atoms with Gasteiger partial charge in [-0.2, -0.15) is 0 Å². The summed E-state index contributed by atoms with van der Waals surface area (Å²) in [6.07, 6.45) is 3.72. The third-order valence-corrected chi connectivity index (χ3v) is 6.36. The number of benzene rings is 1. The van der Waals surface area contributed by atoms with E-state index >= 15 is 0 Å². The monoisotopic (exact) mass is 247 g/mol. The van der Waals surface area contributed by atoms with Gasteiger partial charge in [-0.05, 0) is 31.5 Å². The molecule has 2 rings (SSSR count). The number of nitro benzene ring substituents is 1. The number of aryl methyl sites for hydroxylation is 1. The van der Waals surface area contributed by atoms with Crippen LogP contribution in [0.25, 0.3) is 0 Å². The fraction of sp³-hybridized carbons (Fsp3) is 0.462. The fourth-order valence-corrected chi connectivity index (χ4v) is 5.32. The van der Waals surface area contributed by atoms with E-state index in [1.54, 1.807) is 0 Å². The molecular weight excluding hydrogens is 230 g/mol. The average Bonchev–Trinajstić information content (AvgIpc) is 2.30. The fourth-order valence-electron chi connectivity index (χ4n) is 2.55. The van der Waals surface area contributed by atoms with Gasteiger partial charge in [0, 0.05) is 19.5 Å². The van der Waals surface area contributed by atoms with E-state index < -0.39 is 8.41 Å². The lowest BCUT2D eigenvalue weighted by Crippen LogP contribution is -2.29. The summed E-state index contributed by atoms with van der Waals surface area (Å²) >= 11 is 0. The van der Waals surface area contributed by atoms with Crippen LogP contribution >= 0.6 is 0 Å². The highest BCUT2D eigenvalue weighted by Crippen LogP contribution is 2.21. The van der Waals surface area contributed by atoms with Crippen molar-refractivity contribution in [2.24, 2.45) is 0 Å². The highest BCUT2D eigenvalue weighted by Gasteiger charge is 2.19. The number of nitrogens with zero attached hydrogens (tertiary/aromatic N) is 1. The predicted octanol–water partition coefficient (Wildman–Crippen LogP) is 2.48. The molecule has 0 bridgehead atoms. The van der Waals surface area contributed by atoms with Crippen LogP contribution < -0.4 is 5.19 Å². The summed E-state index contributed by atoms with van der Waals surface area (Å²) in [5.74, 6) is 0. The second-order valence-corrected chi connectivity index (χ2v) is 7.13. The Morgan fingerprint density at radius 3 is 2.65 bits per heavy atom. The third kappa shape index (κ3) is 2.36. The molecule has 0 N–H and O–H groups in total. The number of rotatable bonds is 2. The molecule has 90 valence electrons. The minimum absolute atomic E-state index is 0.237. The average molecular weight is 247 g/mol. The van der Waals surface area contributed by atoms with Crippen LogP contribution in [0.1, 0.15) is 30.4 Å². The van der Waals surface area contributed by atoms with Crippen molar-refractivity contribution in [3.8, 4) is 0 Å². The van der Waals surface area contributed by atoms with Crippen LogP contribution in [-0.2, 0) is 0 Å². The maximum absolute atomic E-state index is 11.1. The van der Waals surface area contributed by atoms with Crippen molar-refractivity contribution in [3.63, 3.8) is 0 Å². The Balaban J connectivity index is 2.52. The number of nitro groups is 1. The maximum atomic E-state index is 11.1. The summed E-state index contributed by atoms with van der Waals surface area (Å²) in [5, 5.41) is 12.3. The molecule has 1 aromatic carbocycles. The topological polar surface area (TPSA) is 43.1 Å². The van der Waals surface area contributed by atoms with E-state index in [2.05, 4.69) is 11.7 Å². The van der Waals surface area contributed by atoms with Crippen LogP contribution in [0.15, 0.2) is 12.1 Å². The molecule has 0 saturated carbocycles. The van der Waals surface area contributed by atoms with Gasteiger partial charge in [0.2, 0.25) is 0 Å². The Hall–Kier alpha value is -1.29. The molecule has 0 atom stereocenters. The molecule has 0 amide bonds. The van der Waals surface area contributed by atoms with Gasteiger partial charge in [-0.15, -0.1) is 0 Å². The number of hydrogen-bond acceptors (Lipinski definition) is 2. The van der Waals surface area contributed by atoms with Crippen molar-refractivity contribution < 1.29 is 4.92 Å². The van der Waals surface area contributed by atoms with Crippen molar-refractivity contribution in [2.45, 2.75) is 39.2 Å². The number of hydrogen-bond donors (Lipinski definition) is 0. The second-order valence-electron chi connectivity index (χ2n) is 4.64. The van der Waals surface area contributed by atoms with E-state index in [1.807, 2.05) is 19.9 Å². The summed E-state index contributed by atoms with van der Waals surface area (Å²) in [6.45, 7) is 3.72. The summed E-state index contributed by atoms with van der Waals surface area (Å²) in [6, 6.07) is 5.24. The molecule has 1 aliphatic heterocycles. The van der Waals surface area contributed by atoms with E-state index in [0.29, 0.717) is 5.69 Å². The lowest BCUT2D eigenvalue weighted by atomic mass is 10.1. The smallest absolute Gasteiger partial charge is 0.258 e. The van der Waals surface area contributed by atoms with Crippen LogP contribution in [0.2, 0.25) is 6.04 Å². The van der Waals surface area contributed by atoms with Gasteiger partial charge < -0.3 is 0 Å². The van der Waals surface area contributed by atoms with Crippen molar-refractivity contribution in [1.29, 1.82) is 0 Å². The molecule has 0 saturated heterocycles. The Bertz CT molecular complexity index is 494. The Morgan fingerprint density at radius 2 is 2.06 bits per heavy atom. The summed E-state index contributed by atoms with van der Waals surface area (Å²) in [5.41, 5.74) is 4.39. The zero-order valence-electron chi connectivity index (χ0n) is 10.3. The third-order valence-electron chi connectivity index (χ3n) is 3.45. The summed E-state index contributed by atoms with van der Waals surface area (Å²) < 4.78 is 0. The van der Waals surface area contributed by atoms with Gasteiger partial charge in [-0.3, -0.25) is 10.1 Å². The Kier molecular flexibility index (Phi) is 3.52. The molecule has 4 heteroatoms. The zero-order valence-corrected chi connectivity index (χ0v) is 11.3. The first-order valence-electron chi connectivity index (χ1n) is 6.05. The lowest BCUT2D eigenvalue weighted by Gasteiger charge is -2.14. The van der Waals surface area contributed by atoms with E-state index in [4.69, 9.17) is 0 Å². The molecule has 0 radical (unpaired) electrons. The van der Waals surface area contributed by atoms with Gasteiger partial charge in [0.05, 0.1) is 4.92 Å². The molecule has 0 spiro atoms. The van der Waals surface area contributed by atoms with Gasteiger partial charge in [-0.25, -0.2) is 0 Å². The van der Waals surface area contributed by atoms with E-state index in [0.717, 1.165) is 11.1 Å². The van der Waals surface area contributed by atoms with E-state index in [9.17, 15) is 10.1 Å². The maximum Gasteiger partial charge on any atom is 0.275 e. The van der Waals surface area contributed by atoms with Gasteiger partial charge in [0.15, 0.2) is 0 Å². The second kappa shape index (κ2) is 4.92.